The highest BCUT2D eigenvalue weighted by atomic mass is 16.4. The predicted molar refractivity (Wildman–Crippen MR) is 49.8 cm³/mol. The molecule has 2 nitrogen and oxygen atoms in total. The molecule has 0 heterocycles. The van der Waals surface area contributed by atoms with Crippen molar-refractivity contribution in [3.05, 3.63) is 35.4 Å². The maximum atomic E-state index is 10.8. The quantitative estimate of drug-likeness (QED) is 0.767. The normalized spacial score (nSPS) is 15.7. The monoisotopic (exact) mass is 176 g/mol. The lowest BCUT2D eigenvalue weighted by atomic mass is 10.0. The molecule has 0 atom stereocenters. The molecule has 1 aliphatic rings. The van der Waals surface area contributed by atoms with Crippen molar-refractivity contribution in [2.45, 2.75) is 19.3 Å². The van der Waals surface area contributed by atoms with Gasteiger partial charge >= 0.3 is 5.97 Å². The van der Waals surface area contributed by atoms with Gasteiger partial charge in [-0.3, -0.25) is 0 Å². The zero-order valence-electron chi connectivity index (χ0n) is 7.36. The van der Waals surface area contributed by atoms with Crippen LogP contribution < -0.4 is 0 Å². The summed E-state index contributed by atoms with van der Waals surface area (Å²) in [6.45, 7) is 0. The first-order chi connectivity index (χ1) is 6.27. The minimum Gasteiger partial charge on any atom is -0.478 e. The molecule has 0 unspecified atom stereocenters. The van der Waals surface area contributed by atoms with Crippen molar-refractivity contribution in [2.24, 2.45) is 5.92 Å². The van der Waals surface area contributed by atoms with Gasteiger partial charge in [0.05, 0.1) is 5.56 Å². The smallest absolute Gasteiger partial charge is 0.335 e. The van der Waals surface area contributed by atoms with Gasteiger partial charge in [-0.2, -0.15) is 0 Å². The highest BCUT2D eigenvalue weighted by molar-refractivity contribution is 5.89. The SMILES string of the molecule is O=C(O)c1ccccc1CC1CC1. The summed E-state index contributed by atoms with van der Waals surface area (Å²) in [4.78, 5) is 10.8. The molecule has 2 rings (SSSR count). The van der Waals surface area contributed by atoms with Crippen LogP contribution in [-0.2, 0) is 6.42 Å². The molecule has 1 aromatic rings. The Labute approximate surface area is 77.2 Å². The minimum absolute atomic E-state index is 0.467. The third-order valence-corrected chi connectivity index (χ3v) is 2.45. The van der Waals surface area contributed by atoms with E-state index in [1.807, 2.05) is 12.1 Å². The van der Waals surface area contributed by atoms with Crippen molar-refractivity contribution < 1.29 is 9.90 Å². The zero-order chi connectivity index (χ0) is 9.26. The van der Waals surface area contributed by atoms with E-state index in [0.29, 0.717) is 5.56 Å². The van der Waals surface area contributed by atoms with Crippen molar-refractivity contribution in [3.63, 3.8) is 0 Å². The zero-order valence-corrected chi connectivity index (χ0v) is 7.36. The Kier molecular flexibility index (Phi) is 2.05. The molecule has 0 saturated heterocycles. The van der Waals surface area contributed by atoms with E-state index in [9.17, 15) is 4.79 Å². The van der Waals surface area contributed by atoms with E-state index in [4.69, 9.17) is 5.11 Å². The van der Waals surface area contributed by atoms with Gasteiger partial charge in [0.1, 0.15) is 0 Å². The summed E-state index contributed by atoms with van der Waals surface area (Å²) in [5.41, 5.74) is 1.45. The number of benzene rings is 1. The molecular formula is C11H12O2. The van der Waals surface area contributed by atoms with Crippen LogP contribution in [0.2, 0.25) is 0 Å². The number of carboxylic acids is 1. The van der Waals surface area contributed by atoms with Gasteiger partial charge < -0.3 is 5.11 Å². The number of carboxylic acid groups (broad SMARTS) is 1. The molecule has 1 fully saturated rings. The van der Waals surface area contributed by atoms with Gasteiger partial charge in [-0.1, -0.05) is 18.2 Å². The van der Waals surface area contributed by atoms with Crippen LogP contribution in [0.4, 0.5) is 0 Å². The third-order valence-electron chi connectivity index (χ3n) is 2.45. The van der Waals surface area contributed by atoms with Crippen LogP contribution in [0.3, 0.4) is 0 Å². The molecule has 1 saturated carbocycles. The summed E-state index contributed by atoms with van der Waals surface area (Å²) >= 11 is 0. The predicted octanol–water partition coefficient (Wildman–Crippen LogP) is 2.34. The van der Waals surface area contributed by atoms with Crippen LogP contribution in [0.5, 0.6) is 0 Å². The van der Waals surface area contributed by atoms with E-state index in [2.05, 4.69) is 0 Å². The van der Waals surface area contributed by atoms with Gasteiger partial charge in [0.2, 0.25) is 0 Å². The number of rotatable bonds is 3. The molecule has 2 heteroatoms. The molecule has 0 aromatic heterocycles. The van der Waals surface area contributed by atoms with E-state index < -0.39 is 5.97 Å². The first kappa shape index (κ1) is 8.30. The summed E-state index contributed by atoms with van der Waals surface area (Å²) in [6, 6.07) is 7.28. The Bertz CT molecular complexity index is 327. The summed E-state index contributed by atoms with van der Waals surface area (Å²) in [7, 11) is 0. The Morgan fingerprint density at radius 3 is 2.69 bits per heavy atom. The van der Waals surface area contributed by atoms with Crippen molar-refractivity contribution >= 4 is 5.97 Å². The van der Waals surface area contributed by atoms with Crippen LogP contribution in [-0.4, -0.2) is 11.1 Å². The fourth-order valence-electron chi connectivity index (χ4n) is 1.54. The van der Waals surface area contributed by atoms with Gasteiger partial charge in [0.25, 0.3) is 0 Å². The highest BCUT2D eigenvalue weighted by Gasteiger charge is 2.23. The van der Waals surface area contributed by atoms with E-state index >= 15 is 0 Å². The minimum atomic E-state index is -0.809. The summed E-state index contributed by atoms with van der Waals surface area (Å²) in [5.74, 6) is -0.0725. The van der Waals surface area contributed by atoms with Gasteiger partial charge in [-0.15, -0.1) is 0 Å². The summed E-state index contributed by atoms with van der Waals surface area (Å²) in [6.07, 6.45) is 3.45. The lowest BCUT2D eigenvalue weighted by Gasteiger charge is -2.03. The average Bonchev–Trinajstić information content (AvgIpc) is 2.89. The molecule has 1 aliphatic carbocycles. The van der Waals surface area contributed by atoms with Gasteiger partial charge in [0.15, 0.2) is 0 Å². The first-order valence-corrected chi connectivity index (χ1v) is 4.58. The van der Waals surface area contributed by atoms with Crippen molar-refractivity contribution in [1.29, 1.82) is 0 Å². The molecule has 68 valence electrons. The first-order valence-electron chi connectivity index (χ1n) is 4.58. The standard InChI is InChI=1S/C11H12O2/c12-11(13)10-4-2-1-3-9(10)7-8-5-6-8/h1-4,8H,5-7H2,(H,12,13). The number of hydrogen-bond donors (Lipinski definition) is 1. The fourth-order valence-corrected chi connectivity index (χ4v) is 1.54. The molecule has 13 heavy (non-hydrogen) atoms. The van der Waals surface area contributed by atoms with E-state index in [1.54, 1.807) is 12.1 Å². The second-order valence-electron chi connectivity index (χ2n) is 3.61. The van der Waals surface area contributed by atoms with Crippen molar-refractivity contribution in [1.82, 2.24) is 0 Å². The maximum absolute atomic E-state index is 10.8. The molecular weight excluding hydrogens is 164 g/mol. The number of hydrogen-bond acceptors (Lipinski definition) is 1. The maximum Gasteiger partial charge on any atom is 0.335 e. The van der Waals surface area contributed by atoms with Gasteiger partial charge in [-0.05, 0) is 36.8 Å². The Balaban J connectivity index is 2.25. The fraction of sp³-hybridized carbons (Fsp3) is 0.364. The van der Waals surface area contributed by atoms with E-state index in [1.165, 1.54) is 12.8 Å². The topological polar surface area (TPSA) is 37.3 Å². The Morgan fingerprint density at radius 2 is 2.08 bits per heavy atom. The summed E-state index contributed by atoms with van der Waals surface area (Å²) in [5, 5.41) is 8.90. The van der Waals surface area contributed by atoms with E-state index in [-0.39, 0.29) is 0 Å². The molecule has 0 radical (unpaired) electrons. The number of carbonyl (C=O) groups is 1. The second-order valence-corrected chi connectivity index (χ2v) is 3.61. The Morgan fingerprint density at radius 1 is 1.38 bits per heavy atom. The van der Waals surface area contributed by atoms with Crippen molar-refractivity contribution in [2.75, 3.05) is 0 Å². The third kappa shape index (κ3) is 1.89. The van der Waals surface area contributed by atoms with E-state index in [0.717, 1.165) is 17.9 Å². The molecule has 0 spiro atoms. The lowest BCUT2D eigenvalue weighted by molar-refractivity contribution is 0.0695. The highest BCUT2D eigenvalue weighted by Crippen LogP contribution is 2.33. The van der Waals surface area contributed by atoms with Crippen LogP contribution in [0.1, 0.15) is 28.8 Å². The second kappa shape index (κ2) is 3.21. The lowest BCUT2D eigenvalue weighted by Crippen LogP contribution is -2.02. The molecule has 0 amide bonds. The average molecular weight is 176 g/mol. The van der Waals surface area contributed by atoms with Crippen LogP contribution in [0, 0.1) is 5.92 Å². The molecule has 1 N–H and O–H groups in total. The molecule has 1 aromatic carbocycles. The Hall–Kier alpha value is -1.31. The van der Waals surface area contributed by atoms with Crippen LogP contribution in [0.25, 0.3) is 0 Å². The van der Waals surface area contributed by atoms with Gasteiger partial charge in [0, 0.05) is 0 Å². The summed E-state index contributed by atoms with van der Waals surface area (Å²) < 4.78 is 0. The van der Waals surface area contributed by atoms with Gasteiger partial charge in [-0.25, -0.2) is 4.79 Å². The molecule has 0 aliphatic heterocycles. The van der Waals surface area contributed by atoms with Crippen LogP contribution in [0.15, 0.2) is 24.3 Å². The van der Waals surface area contributed by atoms with Crippen LogP contribution >= 0.6 is 0 Å². The molecule has 0 bridgehead atoms. The number of aromatic carboxylic acids is 1. The largest absolute Gasteiger partial charge is 0.478 e. The van der Waals surface area contributed by atoms with Crippen molar-refractivity contribution in [3.8, 4) is 0 Å².